The quantitative estimate of drug-likeness (QED) is 0.519. The van der Waals surface area contributed by atoms with Crippen LogP contribution in [0.2, 0.25) is 5.02 Å². The summed E-state index contributed by atoms with van der Waals surface area (Å²) in [6.07, 6.45) is 12.8. The van der Waals surface area contributed by atoms with Crippen molar-refractivity contribution >= 4 is 17.5 Å². The van der Waals surface area contributed by atoms with Gasteiger partial charge in [0, 0.05) is 17.0 Å². The molecule has 4 aliphatic rings. The van der Waals surface area contributed by atoms with Gasteiger partial charge in [-0.25, -0.2) is 0 Å². The largest absolute Gasteiger partial charge is 0.353 e. The van der Waals surface area contributed by atoms with Gasteiger partial charge < -0.3 is 5.32 Å². The molecule has 1 aromatic rings. The molecule has 31 heavy (non-hydrogen) atoms. The second-order valence-electron chi connectivity index (χ2n) is 12.0. The van der Waals surface area contributed by atoms with Crippen LogP contribution >= 0.6 is 11.6 Å². The number of amides is 1. The summed E-state index contributed by atoms with van der Waals surface area (Å²) in [5.41, 5.74) is 2.22. The molecular formula is C28H40ClNO. The first kappa shape index (κ1) is 21.8. The molecule has 0 spiro atoms. The molecule has 5 rings (SSSR count). The normalized spacial score (nSPS) is 42.8. The second kappa shape index (κ2) is 8.08. The number of hydrogen-bond donors (Lipinski definition) is 1. The van der Waals surface area contributed by atoms with Gasteiger partial charge in [0.05, 0.1) is 0 Å². The highest BCUT2D eigenvalue weighted by molar-refractivity contribution is 6.30. The van der Waals surface area contributed by atoms with E-state index in [1.54, 1.807) is 0 Å². The molecule has 3 aliphatic carbocycles. The van der Waals surface area contributed by atoms with Crippen LogP contribution in [0.4, 0.5) is 0 Å². The molecule has 2 nitrogen and oxygen atoms in total. The fourth-order valence-corrected chi connectivity index (χ4v) is 8.66. The number of carbonyl (C=O) groups is 1. The summed E-state index contributed by atoms with van der Waals surface area (Å²) in [6, 6.07) is 8.63. The Labute approximate surface area is 193 Å². The Hall–Kier alpha value is -1.02. The predicted octanol–water partition coefficient (Wildman–Crippen LogP) is 7.36. The molecule has 1 heterocycles. The van der Waals surface area contributed by atoms with Crippen LogP contribution in [-0.2, 0) is 4.79 Å². The lowest BCUT2D eigenvalue weighted by Crippen LogP contribution is -2.62. The summed E-state index contributed by atoms with van der Waals surface area (Å²) < 4.78 is 0. The van der Waals surface area contributed by atoms with Crippen LogP contribution in [0.25, 0.3) is 0 Å². The van der Waals surface area contributed by atoms with E-state index in [-0.39, 0.29) is 11.3 Å². The third-order valence-electron chi connectivity index (χ3n) is 10.4. The van der Waals surface area contributed by atoms with Crippen molar-refractivity contribution in [2.45, 2.75) is 96.9 Å². The van der Waals surface area contributed by atoms with E-state index in [2.05, 4.69) is 38.2 Å². The van der Waals surface area contributed by atoms with E-state index in [4.69, 9.17) is 11.6 Å². The van der Waals surface area contributed by atoms with Crippen LogP contribution in [0.15, 0.2) is 24.3 Å². The molecule has 1 aromatic carbocycles. The summed E-state index contributed by atoms with van der Waals surface area (Å²) in [6.45, 7) is 7.41. The zero-order chi connectivity index (χ0) is 21.8. The molecule has 170 valence electrons. The van der Waals surface area contributed by atoms with Crippen molar-refractivity contribution in [3.05, 3.63) is 34.9 Å². The minimum Gasteiger partial charge on any atom is -0.353 e. The first-order valence-corrected chi connectivity index (χ1v) is 13.2. The predicted molar refractivity (Wildman–Crippen MR) is 128 cm³/mol. The van der Waals surface area contributed by atoms with E-state index in [1.807, 2.05) is 12.1 Å². The molecule has 3 saturated carbocycles. The molecule has 4 fully saturated rings. The smallest absolute Gasteiger partial charge is 0.223 e. The van der Waals surface area contributed by atoms with Gasteiger partial charge in [0.1, 0.15) is 0 Å². The SMILES string of the molecule is CC(CCC1C[C@@]2(C)[C@@H](CC[C@H]3[C@@H]4CCC[C@@]4(C)CC[C@@H]32)NC1=O)c1ccc(Cl)cc1. The summed E-state index contributed by atoms with van der Waals surface area (Å²) in [7, 11) is 0. The van der Waals surface area contributed by atoms with Crippen LogP contribution in [0, 0.1) is 34.5 Å². The van der Waals surface area contributed by atoms with Crippen molar-refractivity contribution in [3.63, 3.8) is 0 Å². The van der Waals surface area contributed by atoms with Crippen LogP contribution in [0.5, 0.6) is 0 Å². The summed E-state index contributed by atoms with van der Waals surface area (Å²) in [5.74, 6) is 3.59. The van der Waals surface area contributed by atoms with E-state index >= 15 is 0 Å². The third kappa shape index (κ3) is 3.75. The average Bonchev–Trinajstić information content (AvgIpc) is 3.15. The van der Waals surface area contributed by atoms with Crippen molar-refractivity contribution < 1.29 is 4.79 Å². The zero-order valence-corrected chi connectivity index (χ0v) is 20.4. The number of carbonyl (C=O) groups excluding carboxylic acids is 1. The Morgan fingerprint density at radius 3 is 2.61 bits per heavy atom. The maximum absolute atomic E-state index is 13.1. The Morgan fingerprint density at radius 1 is 1.06 bits per heavy atom. The Bertz CT molecular complexity index is 821. The average molecular weight is 442 g/mol. The lowest BCUT2D eigenvalue weighted by Gasteiger charge is -2.60. The number of benzene rings is 1. The lowest BCUT2D eigenvalue weighted by atomic mass is 9.47. The second-order valence-corrected chi connectivity index (χ2v) is 12.5. The van der Waals surface area contributed by atoms with Gasteiger partial charge in [-0.3, -0.25) is 4.79 Å². The number of hydrogen-bond acceptors (Lipinski definition) is 1. The Kier molecular flexibility index (Phi) is 5.69. The molecular weight excluding hydrogens is 402 g/mol. The van der Waals surface area contributed by atoms with E-state index < -0.39 is 0 Å². The standard InChI is InChI=1S/C28H40ClNO/c1-18(19-8-10-21(29)11-9-19)6-7-20-17-28(3)24-14-16-27(2)15-4-5-23(27)22(24)12-13-25(28)30-26(20)31/h8-11,18,20,22-25H,4-7,12-17H2,1-3H3,(H,30,31)/t18?,20?,22-,23-,24-,25+,27-,28+/m0/s1. The maximum Gasteiger partial charge on any atom is 0.223 e. The number of nitrogens with one attached hydrogen (secondary N) is 1. The van der Waals surface area contributed by atoms with Gasteiger partial charge in [-0.05, 0) is 110 Å². The monoisotopic (exact) mass is 441 g/mol. The molecule has 2 unspecified atom stereocenters. The highest BCUT2D eigenvalue weighted by atomic mass is 35.5. The number of piperidine rings is 1. The molecule has 0 bridgehead atoms. The maximum atomic E-state index is 13.1. The van der Waals surface area contributed by atoms with Crippen molar-refractivity contribution in [2.24, 2.45) is 34.5 Å². The minimum absolute atomic E-state index is 0.173. The number of fused-ring (bicyclic) bond motifs is 5. The molecule has 1 aliphatic heterocycles. The first-order valence-electron chi connectivity index (χ1n) is 12.9. The van der Waals surface area contributed by atoms with Crippen LogP contribution < -0.4 is 5.32 Å². The van der Waals surface area contributed by atoms with Gasteiger partial charge in [-0.15, -0.1) is 0 Å². The molecule has 1 amide bonds. The van der Waals surface area contributed by atoms with Gasteiger partial charge in [0.25, 0.3) is 0 Å². The lowest BCUT2D eigenvalue weighted by molar-refractivity contribution is -0.143. The first-order chi connectivity index (χ1) is 14.8. The van der Waals surface area contributed by atoms with Crippen LogP contribution in [-0.4, -0.2) is 11.9 Å². The van der Waals surface area contributed by atoms with Gasteiger partial charge in [0.2, 0.25) is 5.91 Å². The molecule has 0 aromatic heterocycles. The Morgan fingerprint density at radius 2 is 1.84 bits per heavy atom. The van der Waals surface area contributed by atoms with Gasteiger partial charge >= 0.3 is 0 Å². The van der Waals surface area contributed by atoms with E-state index in [0.717, 1.165) is 42.0 Å². The summed E-state index contributed by atoms with van der Waals surface area (Å²) in [4.78, 5) is 13.1. The fraction of sp³-hybridized carbons (Fsp3) is 0.750. The minimum atomic E-state index is 0.173. The van der Waals surface area contributed by atoms with Crippen molar-refractivity contribution in [3.8, 4) is 0 Å². The van der Waals surface area contributed by atoms with Crippen LogP contribution in [0.3, 0.4) is 0 Å². The molecule has 1 saturated heterocycles. The zero-order valence-electron chi connectivity index (χ0n) is 19.6. The van der Waals surface area contributed by atoms with Gasteiger partial charge in [-0.2, -0.15) is 0 Å². The Balaban J connectivity index is 1.29. The molecule has 0 radical (unpaired) electrons. The molecule has 3 heteroatoms. The highest BCUT2D eigenvalue weighted by Gasteiger charge is 2.59. The highest BCUT2D eigenvalue weighted by Crippen LogP contribution is 2.64. The van der Waals surface area contributed by atoms with E-state index in [9.17, 15) is 4.79 Å². The van der Waals surface area contributed by atoms with E-state index in [1.165, 1.54) is 50.5 Å². The van der Waals surface area contributed by atoms with Crippen molar-refractivity contribution in [1.82, 2.24) is 5.32 Å². The van der Waals surface area contributed by atoms with Gasteiger partial charge in [0.15, 0.2) is 0 Å². The van der Waals surface area contributed by atoms with Crippen molar-refractivity contribution in [1.29, 1.82) is 0 Å². The molecule has 1 N–H and O–H groups in total. The van der Waals surface area contributed by atoms with Gasteiger partial charge in [-0.1, -0.05) is 50.9 Å². The van der Waals surface area contributed by atoms with Crippen molar-refractivity contribution in [2.75, 3.05) is 0 Å². The molecule has 8 atom stereocenters. The number of halogens is 1. The summed E-state index contributed by atoms with van der Waals surface area (Å²) in [5, 5.41) is 4.32. The third-order valence-corrected chi connectivity index (χ3v) is 10.7. The fourth-order valence-electron chi connectivity index (χ4n) is 8.54. The van der Waals surface area contributed by atoms with Crippen LogP contribution in [0.1, 0.15) is 96.5 Å². The number of rotatable bonds is 4. The van der Waals surface area contributed by atoms with E-state index in [0.29, 0.717) is 23.3 Å². The topological polar surface area (TPSA) is 29.1 Å². The summed E-state index contributed by atoms with van der Waals surface area (Å²) >= 11 is 6.06.